The number of carboxylic acid groups (broad SMARTS) is 2. The molecule has 160 valence electrons. The molecule has 3 amide bonds. The minimum Gasteiger partial charge on any atom is -0.481 e. The van der Waals surface area contributed by atoms with Crippen LogP contribution in [0.4, 0.5) is 0 Å². The van der Waals surface area contributed by atoms with Crippen LogP contribution >= 0.6 is 0 Å². The molecule has 0 rings (SSSR count). The highest BCUT2D eigenvalue weighted by Gasteiger charge is 2.31. The molecular weight excluding hydrogens is 372 g/mol. The molecule has 11 nitrogen and oxygen atoms in total. The fourth-order valence-electron chi connectivity index (χ4n) is 2.15. The first-order chi connectivity index (χ1) is 12.9. The molecule has 0 aliphatic carbocycles. The van der Waals surface area contributed by atoms with Gasteiger partial charge in [0.05, 0.1) is 19.0 Å². The van der Waals surface area contributed by atoms with Crippen LogP contribution in [-0.4, -0.2) is 64.5 Å². The van der Waals surface area contributed by atoms with Gasteiger partial charge in [-0.05, 0) is 11.8 Å². The number of hydrogen-bond acceptors (Lipinski definition) is 6. The average molecular weight is 402 g/mol. The highest BCUT2D eigenvalue weighted by molar-refractivity contribution is 5.93. The van der Waals surface area contributed by atoms with Gasteiger partial charge in [0.15, 0.2) is 0 Å². The molecule has 0 aliphatic rings. The Morgan fingerprint density at radius 3 is 1.96 bits per heavy atom. The zero-order valence-electron chi connectivity index (χ0n) is 16.5. The first-order valence-corrected chi connectivity index (χ1v) is 8.98. The highest BCUT2D eigenvalue weighted by Crippen LogP contribution is 2.09. The Labute approximate surface area is 163 Å². The van der Waals surface area contributed by atoms with Crippen molar-refractivity contribution in [3.05, 3.63) is 0 Å². The molecule has 11 heteroatoms. The van der Waals surface area contributed by atoms with E-state index in [0.29, 0.717) is 6.42 Å². The average Bonchev–Trinajstić information content (AvgIpc) is 2.61. The van der Waals surface area contributed by atoms with Gasteiger partial charge in [0.1, 0.15) is 12.1 Å². The van der Waals surface area contributed by atoms with Crippen LogP contribution in [0.25, 0.3) is 0 Å². The van der Waals surface area contributed by atoms with Crippen LogP contribution in [0, 0.1) is 11.8 Å². The third-order valence-electron chi connectivity index (χ3n) is 4.25. The van der Waals surface area contributed by atoms with E-state index < -0.39 is 60.8 Å². The Balaban J connectivity index is 5.00. The van der Waals surface area contributed by atoms with Crippen molar-refractivity contribution in [3.8, 4) is 0 Å². The summed E-state index contributed by atoms with van der Waals surface area (Å²) >= 11 is 0. The Hall–Kier alpha value is -2.69. The second-order valence-electron chi connectivity index (χ2n) is 6.92. The molecule has 0 aliphatic heterocycles. The van der Waals surface area contributed by atoms with Gasteiger partial charge in [-0.15, -0.1) is 0 Å². The minimum absolute atomic E-state index is 0.121. The number of carboxylic acids is 2. The van der Waals surface area contributed by atoms with Gasteiger partial charge in [-0.25, -0.2) is 4.79 Å². The molecule has 0 spiro atoms. The molecule has 0 aromatic rings. The van der Waals surface area contributed by atoms with Gasteiger partial charge in [0.2, 0.25) is 17.7 Å². The number of rotatable bonds is 12. The smallest absolute Gasteiger partial charge is 0.326 e. The second kappa shape index (κ2) is 11.9. The largest absolute Gasteiger partial charge is 0.481 e. The van der Waals surface area contributed by atoms with E-state index in [1.54, 1.807) is 27.7 Å². The summed E-state index contributed by atoms with van der Waals surface area (Å²) in [4.78, 5) is 58.2. The summed E-state index contributed by atoms with van der Waals surface area (Å²) in [7, 11) is 0. The van der Waals surface area contributed by atoms with Gasteiger partial charge in [-0.2, -0.15) is 0 Å². The van der Waals surface area contributed by atoms with E-state index in [2.05, 4.69) is 16.0 Å². The van der Waals surface area contributed by atoms with Gasteiger partial charge < -0.3 is 31.9 Å². The third kappa shape index (κ3) is 8.80. The zero-order chi connectivity index (χ0) is 22.0. The molecule has 7 N–H and O–H groups in total. The van der Waals surface area contributed by atoms with Crippen LogP contribution in [-0.2, 0) is 24.0 Å². The number of hydrogen-bond donors (Lipinski definition) is 6. The highest BCUT2D eigenvalue weighted by atomic mass is 16.4. The molecule has 0 aromatic heterocycles. The van der Waals surface area contributed by atoms with E-state index in [1.165, 1.54) is 0 Å². The molecule has 0 fully saturated rings. The maximum absolute atomic E-state index is 12.4. The number of nitrogens with two attached hydrogens (primary N) is 1. The fraction of sp³-hybridized carbons (Fsp3) is 0.706. The van der Waals surface area contributed by atoms with Crippen molar-refractivity contribution >= 4 is 29.7 Å². The first kappa shape index (κ1) is 25.3. The lowest BCUT2D eigenvalue weighted by Gasteiger charge is -2.25. The minimum atomic E-state index is -1.63. The van der Waals surface area contributed by atoms with Crippen molar-refractivity contribution in [2.75, 3.05) is 6.54 Å². The van der Waals surface area contributed by atoms with Gasteiger partial charge in [0, 0.05) is 0 Å². The molecule has 0 aromatic carbocycles. The fourth-order valence-corrected chi connectivity index (χ4v) is 2.15. The predicted octanol–water partition coefficient (Wildman–Crippen LogP) is -1.34. The van der Waals surface area contributed by atoms with Gasteiger partial charge in [-0.1, -0.05) is 34.1 Å². The number of amides is 3. The molecule has 28 heavy (non-hydrogen) atoms. The van der Waals surface area contributed by atoms with E-state index in [-0.39, 0.29) is 11.8 Å². The van der Waals surface area contributed by atoms with E-state index >= 15 is 0 Å². The summed E-state index contributed by atoms with van der Waals surface area (Å²) in [5.74, 6) is -5.36. The van der Waals surface area contributed by atoms with Gasteiger partial charge in [-0.3, -0.25) is 19.2 Å². The van der Waals surface area contributed by atoms with Crippen LogP contribution in [0.3, 0.4) is 0 Å². The lowest BCUT2D eigenvalue weighted by atomic mass is 9.97. The Bertz CT molecular complexity index is 594. The molecule has 0 saturated carbocycles. The van der Waals surface area contributed by atoms with Crippen molar-refractivity contribution in [3.63, 3.8) is 0 Å². The van der Waals surface area contributed by atoms with Crippen LogP contribution in [0.1, 0.15) is 40.5 Å². The zero-order valence-corrected chi connectivity index (χ0v) is 16.5. The van der Waals surface area contributed by atoms with E-state index in [0.717, 1.165) is 0 Å². The number of carbonyl (C=O) groups is 5. The van der Waals surface area contributed by atoms with Crippen LogP contribution < -0.4 is 21.7 Å². The first-order valence-electron chi connectivity index (χ1n) is 8.98. The lowest BCUT2D eigenvalue weighted by molar-refractivity contribution is -0.147. The summed E-state index contributed by atoms with van der Waals surface area (Å²) in [6.07, 6.45) is -0.314. The summed E-state index contributed by atoms with van der Waals surface area (Å²) < 4.78 is 0. The van der Waals surface area contributed by atoms with Gasteiger partial charge in [0.25, 0.3) is 0 Å². The molecule has 0 saturated heterocycles. The molecular formula is C17H30N4O7. The Kier molecular flexibility index (Phi) is 10.8. The molecule has 0 bridgehead atoms. The summed E-state index contributed by atoms with van der Waals surface area (Å²) in [5, 5.41) is 24.7. The monoisotopic (exact) mass is 402 g/mol. The molecule has 0 heterocycles. The summed E-state index contributed by atoms with van der Waals surface area (Å²) in [6, 6.07) is -3.50. The summed E-state index contributed by atoms with van der Waals surface area (Å²) in [6.45, 7) is 6.54. The van der Waals surface area contributed by atoms with Crippen molar-refractivity contribution in [1.82, 2.24) is 16.0 Å². The maximum atomic E-state index is 12.4. The quantitative estimate of drug-likeness (QED) is 0.231. The standard InChI is InChI=1S/C17H30N4O7/c1-5-9(4)14(16(26)20-10(17(27)28)6-12(23)24)21-11(22)7-19-15(25)13(18)8(2)3/h8-10,13-14H,5-7,18H2,1-4H3,(H,19,25)(H,20,26)(H,21,22)(H,23,24)(H,27,28). The molecule has 0 radical (unpaired) electrons. The van der Waals surface area contributed by atoms with Crippen molar-refractivity contribution in [1.29, 1.82) is 0 Å². The third-order valence-corrected chi connectivity index (χ3v) is 4.25. The number of aliphatic carboxylic acids is 2. The predicted molar refractivity (Wildman–Crippen MR) is 99.0 cm³/mol. The van der Waals surface area contributed by atoms with E-state index in [1.807, 2.05) is 0 Å². The molecule has 4 atom stereocenters. The van der Waals surface area contributed by atoms with Crippen molar-refractivity contribution < 1.29 is 34.2 Å². The summed E-state index contributed by atoms with van der Waals surface area (Å²) in [5.41, 5.74) is 5.68. The second-order valence-corrected chi connectivity index (χ2v) is 6.92. The SMILES string of the molecule is CCC(C)C(NC(=O)CNC(=O)C(N)C(C)C)C(=O)NC(CC(=O)O)C(=O)O. The van der Waals surface area contributed by atoms with Crippen molar-refractivity contribution in [2.24, 2.45) is 17.6 Å². The lowest BCUT2D eigenvalue weighted by Crippen LogP contribution is -2.56. The normalized spacial score (nSPS) is 15.1. The maximum Gasteiger partial charge on any atom is 0.326 e. The Morgan fingerprint density at radius 1 is 0.964 bits per heavy atom. The number of nitrogens with one attached hydrogen (secondary N) is 3. The Morgan fingerprint density at radius 2 is 1.54 bits per heavy atom. The topological polar surface area (TPSA) is 188 Å². The van der Waals surface area contributed by atoms with Crippen LogP contribution in [0.2, 0.25) is 0 Å². The van der Waals surface area contributed by atoms with E-state index in [9.17, 15) is 24.0 Å². The van der Waals surface area contributed by atoms with Gasteiger partial charge >= 0.3 is 11.9 Å². The van der Waals surface area contributed by atoms with Crippen molar-refractivity contribution in [2.45, 2.75) is 58.7 Å². The molecule has 4 unspecified atom stereocenters. The van der Waals surface area contributed by atoms with Crippen LogP contribution in [0.15, 0.2) is 0 Å². The number of carbonyl (C=O) groups excluding carboxylic acids is 3. The van der Waals surface area contributed by atoms with Crippen LogP contribution in [0.5, 0.6) is 0 Å². The van der Waals surface area contributed by atoms with E-state index in [4.69, 9.17) is 15.9 Å².